The lowest BCUT2D eigenvalue weighted by molar-refractivity contribution is 0.0994. The number of ketones is 1. The third-order valence-electron chi connectivity index (χ3n) is 4.53. The van der Waals surface area contributed by atoms with Gasteiger partial charge in [0, 0.05) is 22.2 Å². The Morgan fingerprint density at radius 2 is 1.41 bits per heavy atom. The molecule has 1 heterocycles. The second kappa shape index (κ2) is 8.20. The standard InChI is InChI=1S/C24H18N2O2S/c1-17(27)18-12-14-21(15-13-18)26-22(19-8-4-2-5-9-19)16-29-24(26)25-23(28)20-10-6-3-7-11-20/h2-16H,1H3. The number of carbonyl (C=O) groups is 2. The molecule has 0 atom stereocenters. The smallest absolute Gasteiger partial charge is 0.279 e. The van der Waals surface area contributed by atoms with Crippen LogP contribution < -0.4 is 4.80 Å². The second-order valence-corrected chi connectivity index (χ2v) is 7.33. The highest BCUT2D eigenvalue weighted by atomic mass is 32.1. The predicted molar refractivity (Wildman–Crippen MR) is 115 cm³/mol. The van der Waals surface area contributed by atoms with Crippen molar-refractivity contribution in [2.24, 2.45) is 4.99 Å². The Bertz CT molecular complexity index is 1220. The highest BCUT2D eigenvalue weighted by molar-refractivity contribution is 7.07. The number of benzene rings is 3. The van der Waals surface area contributed by atoms with Crippen molar-refractivity contribution in [1.29, 1.82) is 0 Å². The van der Waals surface area contributed by atoms with E-state index in [1.165, 1.54) is 11.3 Å². The molecule has 1 aromatic heterocycles. The van der Waals surface area contributed by atoms with Crippen LogP contribution in [0.3, 0.4) is 0 Å². The zero-order valence-electron chi connectivity index (χ0n) is 15.8. The Hall–Kier alpha value is -3.57. The number of nitrogens with zero attached hydrogens (tertiary/aromatic N) is 2. The largest absolute Gasteiger partial charge is 0.295 e. The molecule has 0 aliphatic rings. The third kappa shape index (κ3) is 4.00. The number of hydrogen-bond donors (Lipinski definition) is 0. The van der Waals surface area contributed by atoms with E-state index in [4.69, 9.17) is 0 Å². The van der Waals surface area contributed by atoms with Crippen LogP contribution in [0.25, 0.3) is 16.9 Å². The minimum absolute atomic E-state index is 0.0133. The van der Waals surface area contributed by atoms with Crippen LogP contribution in [0.5, 0.6) is 0 Å². The molecule has 4 nitrogen and oxygen atoms in total. The molecular weight excluding hydrogens is 380 g/mol. The summed E-state index contributed by atoms with van der Waals surface area (Å²) >= 11 is 1.41. The third-order valence-corrected chi connectivity index (χ3v) is 5.35. The molecule has 0 saturated carbocycles. The molecule has 0 spiro atoms. The number of carbonyl (C=O) groups excluding carboxylic acids is 2. The van der Waals surface area contributed by atoms with Crippen molar-refractivity contribution in [1.82, 2.24) is 4.57 Å². The van der Waals surface area contributed by atoms with E-state index in [1.54, 1.807) is 31.2 Å². The summed E-state index contributed by atoms with van der Waals surface area (Å²) in [5, 5.41) is 1.99. The van der Waals surface area contributed by atoms with Gasteiger partial charge in [-0.05, 0) is 48.9 Å². The number of amides is 1. The van der Waals surface area contributed by atoms with Gasteiger partial charge in [-0.2, -0.15) is 4.99 Å². The van der Waals surface area contributed by atoms with E-state index in [0.717, 1.165) is 16.9 Å². The van der Waals surface area contributed by atoms with Gasteiger partial charge in [0.2, 0.25) is 0 Å². The average Bonchev–Trinajstić information content (AvgIpc) is 3.18. The van der Waals surface area contributed by atoms with Gasteiger partial charge in [-0.15, -0.1) is 11.3 Å². The van der Waals surface area contributed by atoms with E-state index < -0.39 is 0 Å². The summed E-state index contributed by atoms with van der Waals surface area (Å²) in [7, 11) is 0. The quantitative estimate of drug-likeness (QED) is 0.447. The van der Waals surface area contributed by atoms with Gasteiger partial charge in [-0.3, -0.25) is 14.2 Å². The van der Waals surface area contributed by atoms with E-state index in [-0.39, 0.29) is 11.7 Å². The molecule has 5 heteroatoms. The molecule has 0 saturated heterocycles. The van der Waals surface area contributed by atoms with Crippen LogP contribution in [0, 0.1) is 0 Å². The first-order chi connectivity index (χ1) is 14.1. The zero-order valence-corrected chi connectivity index (χ0v) is 16.6. The summed E-state index contributed by atoms with van der Waals surface area (Å²) in [5.74, 6) is -0.277. The molecule has 4 aromatic rings. The Balaban J connectivity index is 1.88. The average molecular weight is 398 g/mol. The lowest BCUT2D eigenvalue weighted by Crippen LogP contribution is -2.16. The van der Waals surface area contributed by atoms with Gasteiger partial charge < -0.3 is 0 Å². The van der Waals surface area contributed by atoms with Gasteiger partial charge in [-0.25, -0.2) is 0 Å². The van der Waals surface area contributed by atoms with Crippen molar-refractivity contribution < 1.29 is 9.59 Å². The molecule has 0 fully saturated rings. The summed E-state index contributed by atoms with van der Waals surface area (Å²) < 4.78 is 1.95. The fourth-order valence-corrected chi connectivity index (χ4v) is 3.93. The van der Waals surface area contributed by atoms with Crippen LogP contribution in [-0.2, 0) is 0 Å². The molecule has 0 aliphatic carbocycles. The van der Waals surface area contributed by atoms with Crippen molar-refractivity contribution in [2.75, 3.05) is 0 Å². The molecule has 29 heavy (non-hydrogen) atoms. The van der Waals surface area contributed by atoms with Crippen molar-refractivity contribution >= 4 is 23.0 Å². The van der Waals surface area contributed by atoms with Crippen molar-refractivity contribution in [3.05, 3.63) is 106 Å². The van der Waals surface area contributed by atoms with Crippen molar-refractivity contribution in [2.45, 2.75) is 6.92 Å². The van der Waals surface area contributed by atoms with Gasteiger partial charge in [0.25, 0.3) is 5.91 Å². The lowest BCUT2D eigenvalue weighted by Gasteiger charge is -2.10. The van der Waals surface area contributed by atoms with E-state index in [2.05, 4.69) is 4.99 Å². The van der Waals surface area contributed by atoms with Crippen molar-refractivity contribution in [3.63, 3.8) is 0 Å². The maximum atomic E-state index is 12.7. The molecule has 0 radical (unpaired) electrons. The molecule has 3 aromatic carbocycles. The molecule has 0 unspecified atom stereocenters. The first kappa shape index (κ1) is 18.8. The lowest BCUT2D eigenvalue weighted by atomic mass is 10.1. The predicted octanol–water partition coefficient (Wildman–Crippen LogP) is 5.15. The van der Waals surface area contributed by atoms with E-state index in [1.807, 2.05) is 70.6 Å². The van der Waals surface area contributed by atoms with Crippen molar-refractivity contribution in [3.8, 4) is 16.9 Å². The maximum absolute atomic E-state index is 12.7. The summed E-state index contributed by atoms with van der Waals surface area (Å²) in [5.41, 5.74) is 3.99. The van der Waals surface area contributed by atoms with E-state index in [9.17, 15) is 9.59 Å². The van der Waals surface area contributed by atoms with Crippen LogP contribution in [0.4, 0.5) is 0 Å². The fraction of sp³-hybridized carbons (Fsp3) is 0.0417. The first-order valence-electron chi connectivity index (χ1n) is 9.15. The van der Waals surface area contributed by atoms with Gasteiger partial charge in [-0.1, -0.05) is 48.5 Å². The Morgan fingerprint density at radius 1 is 0.793 bits per heavy atom. The molecule has 0 aliphatic heterocycles. The number of hydrogen-bond acceptors (Lipinski definition) is 3. The molecule has 142 valence electrons. The Kier molecular flexibility index (Phi) is 5.31. The highest BCUT2D eigenvalue weighted by Crippen LogP contribution is 2.23. The number of Topliss-reactive ketones (excluding diaryl/α,β-unsaturated/α-hetero) is 1. The minimum atomic E-state index is -0.291. The monoisotopic (exact) mass is 398 g/mol. The fourth-order valence-electron chi connectivity index (χ4n) is 3.03. The normalized spacial score (nSPS) is 11.4. The molecule has 0 bridgehead atoms. The summed E-state index contributed by atoms with van der Waals surface area (Å²) in [6, 6.07) is 26.3. The Labute approximate surface area is 172 Å². The number of aromatic nitrogens is 1. The molecule has 0 N–H and O–H groups in total. The number of rotatable bonds is 4. The first-order valence-corrected chi connectivity index (χ1v) is 10.0. The maximum Gasteiger partial charge on any atom is 0.279 e. The summed E-state index contributed by atoms with van der Waals surface area (Å²) in [6.45, 7) is 1.54. The van der Waals surface area contributed by atoms with E-state index >= 15 is 0 Å². The SMILES string of the molecule is CC(=O)c1ccc(-n2c(-c3ccccc3)csc2=NC(=O)c2ccccc2)cc1. The molecule has 4 rings (SSSR count). The Morgan fingerprint density at radius 3 is 2.03 bits per heavy atom. The second-order valence-electron chi connectivity index (χ2n) is 6.49. The van der Waals surface area contributed by atoms with Gasteiger partial charge >= 0.3 is 0 Å². The summed E-state index contributed by atoms with van der Waals surface area (Å²) in [6.07, 6.45) is 0. The van der Waals surface area contributed by atoms with E-state index in [0.29, 0.717) is 15.9 Å². The van der Waals surface area contributed by atoms with Crippen LogP contribution in [0.2, 0.25) is 0 Å². The van der Waals surface area contributed by atoms with Gasteiger partial charge in [0.15, 0.2) is 10.6 Å². The molecular formula is C24H18N2O2S. The summed E-state index contributed by atoms with van der Waals surface area (Å²) in [4.78, 5) is 29.3. The van der Waals surface area contributed by atoms with Crippen LogP contribution in [-0.4, -0.2) is 16.3 Å². The highest BCUT2D eigenvalue weighted by Gasteiger charge is 2.12. The molecule has 1 amide bonds. The number of thiazole rings is 1. The topological polar surface area (TPSA) is 51.4 Å². The van der Waals surface area contributed by atoms with Gasteiger partial charge in [0.05, 0.1) is 5.69 Å². The zero-order chi connectivity index (χ0) is 20.2. The van der Waals surface area contributed by atoms with Crippen LogP contribution >= 0.6 is 11.3 Å². The minimum Gasteiger partial charge on any atom is -0.295 e. The van der Waals surface area contributed by atoms with Crippen LogP contribution in [0.1, 0.15) is 27.6 Å². The van der Waals surface area contributed by atoms with Crippen LogP contribution in [0.15, 0.2) is 95.3 Å². The van der Waals surface area contributed by atoms with Gasteiger partial charge in [0.1, 0.15) is 0 Å².